The summed E-state index contributed by atoms with van der Waals surface area (Å²) in [6.45, 7) is 4.34. The van der Waals surface area contributed by atoms with Crippen molar-refractivity contribution in [3.8, 4) is 0 Å². The molecule has 10 heavy (non-hydrogen) atoms. The third-order valence-electron chi connectivity index (χ3n) is 1.67. The number of rotatable bonds is 4. The minimum Gasteiger partial charge on any atom is -0.368 e. The van der Waals surface area contributed by atoms with E-state index in [1.165, 1.54) is 12.8 Å². The molecule has 1 rings (SSSR count). The first kappa shape index (κ1) is 7.73. The van der Waals surface area contributed by atoms with Crippen LogP contribution in [-0.2, 0) is 9.53 Å². The molecule has 1 fully saturated rings. The Kier molecular flexibility index (Phi) is 2.09. The highest BCUT2D eigenvalue weighted by Crippen LogP contribution is 2.29. The molecule has 0 aromatic heterocycles. The lowest BCUT2D eigenvalue weighted by Crippen LogP contribution is -2.26. The number of hydrogen-bond acceptors (Lipinski definition) is 2. The molecular formula is C8H14O2. The average Bonchev–Trinajstić information content (AvgIpc) is 2.66. The minimum atomic E-state index is -0.567. The van der Waals surface area contributed by atoms with E-state index < -0.39 is 5.60 Å². The molecular weight excluding hydrogens is 128 g/mol. The highest BCUT2D eigenvalue weighted by molar-refractivity contribution is 5.60. The molecule has 0 unspecified atom stereocenters. The summed E-state index contributed by atoms with van der Waals surface area (Å²) in [6, 6.07) is 0. The Bertz CT molecular complexity index is 125. The molecule has 1 aliphatic carbocycles. The van der Waals surface area contributed by atoms with Crippen LogP contribution in [-0.4, -0.2) is 18.5 Å². The summed E-state index contributed by atoms with van der Waals surface area (Å²) in [4.78, 5) is 10.3. The molecule has 0 aromatic carbocycles. The van der Waals surface area contributed by atoms with Gasteiger partial charge in [0.15, 0.2) is 6.29 Å². The Morgan fingerprint density at radius 3 is 2.60 bits per heavy atom. The Hall–Kier alpha value is -0.370. The van der Waals surface area contributed by atoms with Crippen molar-refractivity contribution >= 4 is 6.29 Å². The van der Waals surface area contributed by atoms with E-state index in [0.29, 0.717) is 0 Å². The van der Waals surface area contributed by atoms with Gasteiger partial charge in [0.1, 0.15) is 5.60 Å². The second kappa shape index (κ2) is 2.70. The molecule has 2 nitrogen and oxygen atoms in total. The van der Waals surface area contributed by atoms with E-state index in [4.69, 9.17) is 4.74 Å². The van der Waals surface area contributed by atoms with Gasteiger partial charge in [-0.3, -0.25) is 0 Å². The summed E-state index contributed by atoms with van der Waals surface area (Å²) < 4.78 is 5.33. The van der Waals surface area contributed by atoms with E-state index in [-0.39, 0.29) is 0 Å². The lowest BCUT2D eigenvalue weighted by molar-refractivity contribution is -0.127. The number of hydrogen-bond donors (Lipinski definition) is 0. The summed E-state index contributed by atoms with van der Waals surface area (Å²) in [5, 5.41) is 0. The molecule has 58 valence electrons. The van der Waals surface area contributed by atoms with Crippen molar-refractivity contribution in [3.63, 3.8) is 0 Å². The van der Waals surface area contributed by atoms with Gasteiger partial charge in [0.2, 0.25) is 0 Å². The van der Waals surface area contributed by atoms with E-state index in [1.807, 2.05) is 0 Å². The van der Waals surface area contributed by atoms with Crippen LogP contribution in [0.25, 0.3) is 0 Å². The van der Waals surface area contributed by atoms with Crippen LogP contribution in [0.3, 0.4) is 0 Å². The number of aldehydes is 1. The lowest BCUT2D eigenvalue weighted by Gasteiger charge is -2.17. The highest BCUT2D eigenvalue weighted by atomic mass is 16.5. The molecule has 0 amide bonds. The van der Waals surface area contributed by atoms with Crippen molar-refractivity contribution in [3.05, 3.63) is 0 Å². The van der Waals surface area contributed by atoms with E-state index in [1.54, 1.807) is 13.8 Å². The zero-order chi connectivity index (χ0) is 7.61. The van der Waals surface area contributed by atoms with E-state index in [2.05, 4.69) is 0 Å². The van der Waals surface area contributed by atoms with Gasteiger partial charge in [0.05, 0.1) is 6.61 Å². The quantitative estimate of drug-likeness (QED) is 0.554. The molecule has 0 aromatic rings. The molecule has 0 atom stereocenters. The van der Waals surface area contributed by atoms with Crippen LogP contribution in [0, 0.1) is 5.92 Å². The molecule has 0 N–H and O–H groups in total. The number of ether oxygens (including phenoxy) is 1. The molecule has 0 aliphatic heterocycles. The first-order chi connectivity index (χ1) is 4.64. The fourth-order valence-corrected chi connectivity index (χ4v) is 0.651. The van der Waals surface area contributed by atoms with Gasteiger partial charge in [-0.05, 0) is 32.6 Å². The molecule has 1 aliphatic rings. The Balaban J connectivity index is 2.14. The van der Waals surface area contributed by atoms with Gasteiger partial charge < -0.3 is 9.53 Å². The zero-order valence-corrected chi connectivity index (χ0v) is 6.59. The minimum absolute atomic E-state index is 0.567. The second-order valence-corrected chi connectivity index (χ2v) is 3.48. The van der Waals surface area contributed by atoms with Gasteiger partial charge in [-0.2, -0.15) is 0 Å². The van der Waals surface area contributed by atoms with Crippen molar-refractivity contribution in [2.45, 2.75) is 32.3 Å². The third-order valence-corrected chi connectivity index (χ3v) is 1.67. The van der Waals surface area contributed by atoms with E-state index >= 15 is 0 Å². The predicted molar refractivity (Wildman–Crippen MR) is 38.8 cm³/mol. The van der Waals surface area contributed by atoms with Crippen LogP contribution >= 0.6 is 0 Å². The van der Waals surface area contributed by atoms with E-state index in [9.17, 15) is 4.79 Å². The summed E-state index contributed by atoms with van der Waals surface area (Å²) in [7, 11) is 0. The molecule has 0 bridgehead atoms. The first-order valence-corrected chi connectivity index (χ1v) is 3.74. The van der Waals surface area contributed by atoms with E-state index in [0.717, 1.165) is 18.8 Å². The number of carbonyl (C=O) groups excluding carboxylic acids is 1. The Morgan fingerprint density at radius 1 is 1.60 bits per heavy atom. The van der Waals surface area contributed by atoms with Crippen molar-refractivity contribution in [2.75, 3.05) is 6.61 Å². The summed E-state index contributed by atoms with van der Waals surface area (Å²) >= 11 is 0. The van der Waals surface area contributed by atoms with Crippen molar-refractivity contribution in [2.24, 2.45) is 5.92 Å². The lowest BCUT2D eigenvalue weighted by atomic mass is 10.2. The standard InChI is InChI=1S/C8H14O2/c1-8(2,6-9)10-5-7-3-4-7/h6-7H,3-5H2,1-2H3. The maximum absolute atomic E-state index is 10.3. The molecule has 1 saturated carbocycles. The smallest absolute Gasteiger partial charge is 0.151 e. The van der Waals surface area contributed by atoms with Crippen LogP contribution in [0.4, 0.5) is 0 Å². The van der Waals surface area contributed by atoms with Gasteiger partial charge in [0.25, 0.3) is 0 Å². The van der Waals surface area contributed by atoms with Crippen molar-refractivity contribution < 1.29 is 9.53 Å². The van der Waals surface area contributed by atoms with Crippen molar-refractivity contribution in [1.82, 2.24) is 0 Å². The Labute approximate surface area is 61.6 Å². The molecule has 2 heteroatoms. The van der Waals surface area contributed by atoms with Crippen LogP contribution in [0.2, 0.25) is 0 Å². The second-order valence-electron chi connectivity index (χ2n) is 3.48. The monoisotopic (exact) mass is 142 g/mol. The molecule has 0 heterocycles. The van der Waals surface area contributed by atoms with Crippen LogP contribution in [0.5, 0.6) is 0 Å². The van der Waals surface area contributed by atoms with Gasteiger partial charge in [-0.1, -0.05) is 0 Å². The fraction of sp³-hybridized carbons (Fsp3) is 0.875. The largest absolute Gasteiger partial charge is 0.368 e. The van der Waals surface area contributed by atoms with Gasteiger partial charge >= 0.3 is 0 Å². The topological polar surface area (TPSA) is 26.3 Å². The normalized spacial score (nSPS) is 19.0. The predicted octanol–water partition coefficient (Wildman–Crippen LogP) is 1.39. The highest BCUT2D eigenvalue weighted by Gasteiger charge is 2.25. The maximum Gasteiger partial charge on any atom is 0.151 e. The molecule has 0 radical (unpaired) electrons. The van der Waals surface area contributed by atoms with Gasteiger partial charge in [-0.15, -0.1) is 0 Å². The molecule has 0 saturated heterocycles. The maximum atomic E-state index is 10.3. The fourth-order valence-electron chi connectivity index (χ4n) is 0.651. The SMILES string of the molecule is CC(C)(C=O)OCC1CC1. The number of carbonyl (C=O) groups is 1. The zero-order valence-electron chi connectivity index (χ0n) is 6.59. The summed E-state index contributed by atoms with van der Waals surface area (Å²) in [5.41, 5.74) is -0.567. The molecule has 0 spiro atoms. The summed E-state index contributed by atoms with van der Waals surface area (Å²) in [6.07, 6.45) is 3.40. The first-order valence-electron chi connectivity index (χ1n) is 3.74. The van der Waals surface area contributed by atoms with Crippen LogP contribution in [0.1, 0.15) is 26.7 Å². The third kappa shape index (κ3) is 2.48. The Morgan fingerprint density at radius 2 is 2.20 bits per heavy atom. The summed E-state index contributed by atoms with van der Waals surface area (Å²) in [5.74, 6) is 0.735. The van der Waals surface area contributed by atoms with Gasteiger partial charge in [0, 0.05) is 0 Å². The average molecular weight is 142 g/mol. The van der Waals surface area contributed by atoms with Gasteiger partial charge in [-0.25, -0.2) is 0 Å². The van der Waals surface area contributed by atoms with Crippen LogP contribution in [0.15, 0.2) is 0 Å². The van der Waals surface area contributed by atoms with Crippen LogP contribution < -0.4 is 0 Å². The van der Waals surface area contributed by atoms with Crippen molar-refractivity contribution in [1.29, 1.82) is 0 Å².